The van der Waals surface area contributed by atoms with Crippen molar-refractivity contribution in [3.05, 3.63) is 83.6 Å². The summed E-state index contributed by atoms with van der Waals surface area (Å²) in [6.45, 7) is 2.14. The summed E-state index contributed by atoms with van der Waals surface area (Å²) in [7, 11) is 0. The first-order chi connectivity index (χ1) is 13.8. The third-order valence-corrected chi connectivity index (χ3v) is 4.68. The minimum atomic E-state index is 0.624. The lowest BCUT2D eigenvalue weighted by molar-refractivity contribution is 0.315. The average Bonchev–Trinajstić information content (AvgIpc) is 3.07. The van der Waals surface area contributed by atoms with Gasteiger partial charge in [-0.3, -0.25) is 4.98 Å². The Morgan fingerprint density at radius 1 is 0.964 bits per heavy atom. The van der Waals surface area contributed by atoms with E-state index in [0.717, 1.165) is 42.2 Å². The number of hydrogen-bond acceptors (Lipinski definition) is 4. The van der Waals surface area contributed by atoms with Crippen LogP contribution in [0.2, 0.25) is 5.02 Å². The molecule has 4 rings (SSSR count). The van der Waals surface area contributed by atoms with Gasteiger partial charge in [0, 0.05) is 24.0 Å². The Labute approximate surface area is 169 Å². The van der Waals surface area contributed by atoms with Crippen LogP contribution in [0.5, 0.6) is 5.75 Å². The third-order valence-electron chi connectivity index (χ3n) is 4.43. The van der Waals surface area contributed by atoms with E-state index in [2.05, 4.69) is 20.9 Å². The molecule has 4 aromatic rings. The Balaban J connectivity index is 1.40. The van der Waals surface area contributed by atoms with Crippen molar-refractivity contribution in [1.29, 1.82) is 0 Å². The van der Waals surface area contributed by atoms with Gasteiger partial charge >= 0.3 is 0 Å². The maximum atomic E-state index is 5.89. The molecule has 0 saturated carbocycles. The van der Waals surface area contributed by atoms with Gasteiger partial charge in [-0.25, -0.2) is 4.98 Å². The summed E-state index contributed by atoms with van der Waals surface area (Å²) in [5, 5.41) is 4.16. The summed E-state index contributed by atoms with van der Waals surface area (Å²) in [5.41, 5.74) is 3.28. The van der Waals surface area contributed by atoms with Crippen molar-refractivity contribution in [2.75, 3.05) is 18.5 Å². The van der Waals surface area contributed by atoms with E-state index in [1.165, 1.54) is 5.56 Å². The second-order valence-corrected chi connectivity index (χ2v) is 6.88. The largest absolute Gasteiger partial charge is 0.494 e. The monoisotopic (exact) mass is 392 g/mol. The van der Waals surface area contributed by atoms with Gasteiger partial charge in [-0.1, -0.05) is 23.7 Å². The maximum Gasteiger partial charge on any atom is 0.204 e. The fourth-order valence-corrected chi connectivity index (χ4v) is 3.16. The summed E-state index contributed by atoms with van der Waals surface area (Å²) < 4.78 is 7.95. The molecule has 0 fully saturated rings. The Kier molecular flexibility index (Phi) is 5.73. The molecule has 2 heterocycles. The van der Waals surface area contributed by atoms with Crippen LogP contribution in [0, 0.1) is 0 Å². The van der Waals surface area contributed by atoms with E-state index in [0.29, 0.717) is 11.6 Å². The standard InChI is InChI=1S/C22H21ClN4O/c23-18-6-8-19(9-7-18)28-15-3-12-25-22-26-20-4-1-2-5-21(20)27(22)16-17-10-13-24-14-11-17/h1-2,4-11,13-14H,3,12,15-16H2,(H,25,26). The molecule has 0 saturated heterocycles. The summed E-state index contributed by atoms with van der Waals surface area (Å²) >= 11 is 5.89. The molecule has 0 radical (unpaired) electrons. The van der Waals surface area contributed by atoms with Gasteiger partial charge in [0.25, 0.3) is 0 Å². The number of pyridine rings is 1. The van der Waals surface area contributed by atoms with E-state index >= 15 is 0 Å². The van der Waals surface area contributed by atoms with Crippen molar-refractivity contribution in [1.82, 2.24) is 14.5 Å². The molecule has 0 unspecified atom stereocenters. The Morgan fingerprint density at radius 3 is 2.57 bits per heavy atom. The van der Waals surface area contributed by atoms with Gasteiger partial charge in [-0.2, -0.15) is 0 Å². The summed E-state index contributed by atoms with van der Waals surface area (Å²) in [6.07, 6.45) is 4.49. The highest BCUT2D eigenvalue weighted by atomic mass is 35.5. The van der Waals surface area contributed by atoms with Crippen LogP contribution in [0.25, 0.3) is 11.0 Å². The number of aromatic nitrogens is 3. The molecule has 0 amide bonds. The maximum absolute atomic E-state index is 5.89. The molecule has 1 N–H and O–H groups in total. The lowest BCUT2D eigenvalue weighted by Crippen LogP contribution is -2.12. The molecule has 0 aliphatic heterocycles. The normalized spacial score (nSPS) is 10.9. The summed E-state index contributed by atoms with van der Waals surface area (Å²) in [4.78, 5) is 8.85. The average molecular weight is 393 g/mol. The molecule has 2 aromatic carbocycles. The minimum Gasteiger partial charge on any atom is -0.494 e. The number of halogens is 1. The first-order valence-corrected chi connectivity index (χ1v) is 9.64. The number of benzene rings is 2. The SMILES string of the molecule is Clc1ccc(OCCCNc2nc3ccccc3n2Cc2ccncc2)cc1. The highest BCUT2D eigenvalue weighted by Crippen LogP contribution is 2.21. The quantitative estimate of drug-likeness (QED) is 0.428. The molecular formula is C22H21ClN4O. The predicted octanol–water partition coefficient (Wildman–Crippen LogP) is 5.01. The lowest BCUT2D eigenvalue weighted by Gasteiger charge is -2.11. The minimum absolute atomic E-state index is 0.624. The number of imidazole rings is 1. The van der Waals surface area contributed by atoms with Gasteiger partial charge in [0.15, 0.2) is 0 Å². The Bertz CT molecular complexity index is 1030. The second-order valence-electron chi connectivity index (χ2n) is 6.45. The zero-order valence-electron chi connectivity index (χ0n) is 15.4. The molecule has 5 nitrogen and oxygen atoms in total. The Morgan fingerprint density at radius 2 is 1.75 bits per heavy atom. The molecule has 28 heavy (non-hydrogen) atoms. The first kappa shape index (κ1) is 18.3. The highest BCUT2D eigenvalue weighted by molar-refractivity contribution is 6.30. The van der Waals surface area contributed by atoms with E-state index in [-0.39, 0.29) is 0 Å². The van der Waals surface area contributed by atoms with Crippen molar-refractivity contribution in [3.63, 3.8) is 0 Å². The van der Waals surface area contributed by atoms with Crippen LogP contribution in [0.4, 0.5) is 5.95 Å². The van der Waals surface area contributed by atoms with Crippen LogP contribution in [-0.4, -0.2) is 27.7 Å². The molecule has 0 bridgehead atoms. The van der Waals surface area contributed by atoms with Gasteiger partial charge in [-0.05, 0) is 60.5 Å². The third kappa shape index (κ3) is 4.43. The van der Waals surface area contributed by atoms with Crippen LogP contribution in [0.1, 0.15) is 12.0 Å². The van der Waals surface area contributed by atoms with Crippen LogP contribution in [0.15, 0.2) is 73.1 Å². The molecule has 2 aromatic heterocycles. The van der Waals surface area contributed by atoms with E-state index in [9.17, 15) is 0 Å². The number of hydrogen-bond donors (Lipinski definition) is 1. The van der Waals surface area contributed by atoms with Crippen LogP contribution in [0.3, 0.4) is 0 Å². The van der Waals surface area contributed by atoms with Crippen LogP contribution < -0.4 is 10.1 Å². The molecule has 0 atom stereocenters. The second kappa shape index (κ2) is 8.76. The van der Waals surface area contributed by atoms with Crippen molar-refractivity contribution >= 4 is 28.6 Å². The van der Waals surface area contributed by atoms with Crippen molar-refractivity contribution in [2.45, 2.75) is 13.0 Å². The van der Waals surface area contributed by atoms with Gasteiger partial charge in [0.2, 0.25) is 5.95 Å². The number of anilines is 1. The highest BCUT2D eigenvalue weighted by Gasteiger charge is 2.10. The molecule has 0 aliphatic carbocycles. The van der Waals surface area contributed by atoms with Crippen molar-refractivity contribution < 1.29 is 4.74 Å². The first-order valence-electron chi connectivity index (χ1n) is 9.26. The number of nitrogens with zero attached hydrogens (tertiary/aromatic N) is 3. The molecule has 0 spiro atoms. The van der Waals surface area contributed by atoms with E-state index in [4.69, 9.17) is 21.3 Å². The van der Waals surface area contributed by atoms with E-state index < -0.39 is 0 Å². The molecule has 0 aliphatic rings. The number of ether oxygens (including phenoxy) is 1. The Hall–Kier alpha value is -3.05. The van der Waals surface area contributed by atoms with E-state index in [1.807, 2.05) is 67.0 Å². The zero-order chi connectivity index (χ0) is 19.2. The van der Waals surface area contributed by atoms with Crippen molar-refractivity contribution in [2.24, 2.45) is 0 Å². The summed E-state index contributed by atoms with van der Waals surface area (Å²) in [5.74, 6) is 1.69. The zero-order valence-corrected chi connectivity index (χ0v) is 16.1. The van der Waals surface area contributed by atoms with Crippen LogP contribution in [-0.2, 0) is 6.54 Å². The fourth-order valence-electron chi connectivity index (χ4n) is 3.03. The summed E-state index contributed by atoms with van der Waals surface area (Å²) in [6, 6.07) is 19.6. The smallest absolute Gasteiger partial charge is 0.204 e. The number of fused-ring (bicyclic) bond motifs is 1. The predicted molar refractivity (Wildman–Crippen MR) is 113 cm³/mol. The van der Waals surface area contributed by atoms with Gasteiger partial charge in [0.05, 0.1) is 24.2 Å². The van der Waals surface area contributed by atoms with Gasteiger partial charge < -0.3 is 14.6 Å². The topological polar surface area (TPSA) is 52.0 Å². The van der Waals surface area contributed by atoms with Crippen LogP contribution >= 0.6 is 11.6 Å². The molecule has 6 heteroatoms. The van der Waals surface area contributed by atoms with E-state index in [1.54, 1.807) is 0 Å². The number of nitrogens with one attached hydrogen (secondary N) is 1. The number of rotatable bonds is 8. The molecule has 142 valence electrons. The fraction of sp³-hybridized carbons (Fsp3) is 0.182. The van der Waals surface area contributed by atoms with Crippen molar-refractivity contribution in [3.8, 4) is 5.75 Å². The lowest BCUT2D eigenvalue weighted by atomic mass is 10.2. The van der Waals surface area contributed by atoms with Gasteiger partial charge in [-0.15, -0.1) is 0 Å². The van der Waals surface area contributed by atoms with Gasteiger partial charge in [0.1, 0.15) is 5.75 Å². The number of para-hydroxylation sites is 2. The molecular weight excluding hydrogens is 372 g/mol.